The molecular formula is C28H27N5O4. The van der Waals surface area contributed by atoms with Gasteiger partial charge in [-0.15, -0.1) is 0 Å². The van der Waals surface area contributed by atoms with Gasteiger partial charge in [-0.05, 0) is 50.5 Å². The highest BCUT2D eigenvalue weighted by Crippen LogP contribution is 2.45. The van der Waals surface area contributed by atoms with Crippen LogP contribution in [0.5, 0.6) is 11.6 Å². The molecule has 0 radical (unpaired) electrons. The Morgan fingerprint density at radius 3 is 2.78 bits per heavy atom. The van der Waals surface area contributed by atoms with Crippen LogP contribution in [0.1, 0.15) is 44.3 Å². The number of benzene rings is 1. The number of pyridine rings is 2. The molecule has 7 rings (SSSR count). The lowest BCUT2D eigenvalue weighted by atomic mass is 9.94. The van der Waals surface area contributed by atoms with Gasteiger partial charge in [-0.2, -0.15) is 0 Å². The van der Waals surface area contributed by atoms with Gasteiger partial charge in [0.05, 0.1) is 18.4 Å². The molecule has 2 fully saturated rings. The van der Waals surface area contributed by atoms with Crippen molar-refractivity contribution in [1.82, 2.24) is 9.97 Å². The number of nitrogens with zero attached hydrogens (tertiary/aromatic N) is 4. The quantitative estimate of drug-likeness (QED) is 0.563. The van der Waals surface area contributed by atoms with Crippen LogP contribution < -0.4 is 24.6 Å². The first-order chi connectivity index (χ1) is 18.0. The minimum Gasteiger partial charge on any atom is -0.485 e. The largest absolute Gasteiger partial charge is 0.485 e. The van der Waals surface area contributed by atoms with E-state index in [9.17, 15) is 9.59 Å². The Kier molecular flexibility index (Phi) is 5.05. The molecule has 0 spiro atoms. The molecule has 1 aromatic carbocycles. The number of anilines is 4. The summed E-state index contributed by atoms with van der Waals surface area (Å²) < 4.78 is 12.0. The molecule has 1 unspecified atom stereocenters. The van der Waals surface area contributed by atoms with Crippen LogP contribution in [0.15, 0.2) is 42.7 Å². The van der Waals surface area contributed by atoms with Gasteiger partial charge in [-0.3, -0.25) is 9.59 Å². The second-order valence-corrected chi connectivity index (χ2v) is 10.0. The van der Waals surface area contributed by atoms with Gasteiger partial charge in [0.2, 0.25) is 17.7 Å². The first-order valence-electron chi connectivity index (χ1n) is 12.9. The van der Waals surface area contributed by atoms with Crippen LogP contribution >= 0.6 is 0 Å². The van der Waals surface area contributed by atoms with E-state index in [1.807, 2.05) is 48.4 Å². The zero-order valence-corrected chi connectivity index (χ0v) is 20.6. The van der Waals surface area contributed by atoms with Crippen LogP contribution in [0.2, 0.25) is 0 Å². The summed E-state index contributed by atoms with van der Waals surface area (Å²) in [5, 5.41) is 3.34. The van der Waals surface area contributed by atoms with Gasteiger partial charge in [0, 0.05) is 53.5 Å². The summed E-state index contributed by atoms with van der Waals surface area (Å²) in [6.45, 7) is 3.74. The monoisotopic (exact) mass is 497 g/mol. The van der Waals surface area contributed by atoms with Crippen molar-refractivity contribution in [3.8, 4) is 22.8 Å². The number of ether oxygens (including phenoxy) is 2. The van der Waals surface area contributed by atoms with Crippen molar-refractivity contribution >= 4 is 34.7 Å². The van der Waals surface area contributed by atoms with Crippen molar-refractivity contribution in [2.75, 3.05) is 34.8 Å². The molecule has 1 saturated carbocycles. The van der Waals surface area contributed by atoms with E-state index in [1.165, 1.54) is 0 Å². The number of carbonyl (C=O) groups is 2. The summed E-state index contributed by atoms with van der Waals surface area (Å²) in [5.41, 5.74) is 5.30. The van der Waals surface area contributed by atoms with Crippen LogP contribution in [-0.2, 0) is 9.59 Å². The third-order valence-electron chi connectivity index (χ3n) is 7.46. The molecule has 2 aromatic heterocycles. The molecule has 5 heterocycles. The van der Waals surface area contributed by atoms with Crippen LogP contribution in [0.25, 0.3) is 11.1 Å². The molecule has 1 saturated heterocycles. The zero-order valence-electron chi connectivity index (χ0n) is 20.6. The number of aromatic nitrogens is 2. The molecule has 1 N–H and O–H groups in total. The van der Waals surface area contributed by atoms with Crippen molar-refractivity contribution in [1.29, 1.82) is 0 Å². The van der Waals surface area contributed by atoms with Gasteiger partial charge >= 0.3 is 0 Å². The molecule has 37 heavy (non-hydrogen) atoms. The maximum atomic E-state index is 12.8. The van der Waals surface area contributed by atoms with E-state index in [4.69, 9.17) is 9.47 Å². The molecule has 3 aromatic rings. The van der Waals surface area contributed by atoms with Gasteiger partial charge in [-0.25, -0.2) is 9.97 Å². The Balaban J connectivity index is 1.16. The van der Waals surface area contributed by atoms with E-state index in [2.05, 4.69) is 15.3 Å². The van der Waals surface area contributed by atoms with E-state index in [1.54, 1.807) is 11.1 Å². The Bertz CT molecular complexity index is 1440. The number of hydrogen-bond acceptors (Lipinski definition) is 7. The SMILES string of the molecule is CC1Oc2cc(N3CCCC3=O)ccc2-c2cnc(Nc3cnc4c(c3)N(C(=O)C3CC3)CCO4)cc21. The topological polar surface area (TPSA) is 96.9 Å². The van der Waals surface area contributed by atoms with Gasteiger partial charge in [0.1, 0.15) is 30.0 Å². The second kappa shape index (κ2) is 8.47. The molecule has 0 bridgehead atoms. The minimum absolute atomic E-state index is 0.126. The first kappa shape index (κ1) is 22.1. The fourth-order valence-electron chi connectivity index (χ4n) is 5.37. The summed E-state index contributed by atoms with van der Waals surface area (Å²) in [7, 11) is 0. The van der Waals surface area contributed by atoms with E-state index < -0.39 is 0 Å². The van der Waals surface area contributed by atoms with Crippen molar-refractivity contribution in [3.05, 3.63) is 48.3 Å². The van der Waals surface area contributed by atoms with E-state index in [0.29, 0.717) is 37.0 Å². The van der Waals surface area contributed by atoms with Gasteiger partial charge in [-0.1, -0.05) is 0 Å². The summed E-state index contributed by atoms with van der Waals surface area (Å²) in [5.74, 6) is 2.34. The predicted molar refractivity (Wildman–Crippen MR) is 138 cm³/mol. The van der Waals surface area contributed by atoms with E-state index in [-0.39, 0.29) is 23.8 Å². The Hall–Kier alpha value is -4.14. The highest BCUT2D eigenvalue weighted by molar-refractivity contribution is 5.98. The first-order valence-corrected chi connectivity index (χ1v) is 12.9. The van der Waals surface area contributed by atoms with Crippen molar-refractivity contribution < 1.29 is 19.1 Å². The number of nitrogens with one attached hydrogen (secondary N) is 1. The summed E-state index contributed by atoms with van der Waals surface area (Å²) in [6, 6.07) is 9.84. The van der Waals surface area contributed by atoms with Crippen LogP contribution in [0, 0.1) is 5.92 Å². The average molecular weight is 498 g/mol. The molecule has 3 aliphatic heterocycles. The third-order valence-corrected chi connectivity index (χ3v) is 7.46. The number of fused-ring (bicyclic) bond motifs is 4. The van der Waals surface area contributed by atoms with Gasteiger partial charge in [0.25, 0.3) is 0 Å². The molecule has 9 heteroatoms. The van der Waals surface area contributed by atoms with Crippen LogP contribution in [-0.4, -0.2) is 41.5 Å². The zero-order chi connectivity index (χ0) is 25.1. The highest BCUT2D eigenvalue weighted by atomic mass is 16.5. The van der Waals surface area contributed by atoms with Crippen LogP contribution in [0.4, 0.5) is 22.9 Å². The molecule has 1 atom stereocenters. The fraction of sp³-hybridized carbons (Fsp3) is 0.357. The highest BCUT2D eigenvalue weighted by Gasteiger charge is 2.36. The van der Waals surface area contributed by atoms with Crippen molar-refractivity contribution in [3.63, 3.8) is 0 Å². The average Bonchev–Trinajstić information content (AvgIpc) is 3.68. The smallest absolute Gasteiger partial charge is 0.238 e. The standard InChI is InChI=1S/C28H27N5O4/c1-16-21-13-25(31-18-11-23-27(30-14-18)36-10-9-33(23)28(35)17-4-5-17)29-15-22(21)20-7-6-19(12-24(20)37-16)32-8-2-3-26(32)34/h6-7,11-17H,2-5,8-10H2,1H3,(H,29,31). The summed E-state index contributed by atoms with van der Waals surface area (Å²) in [4.78, 5) is 37.7. The number of rotatable bonds is 4. The molecule has 188 valence electrons. The van der Waals surface area contributed by atoms with Crippen molar-refractivity contribution in [2.45, 2.75) is 38.7 Å². The minimum atomic E-state index is -0.183. The summed E-state index contributed by atoms with van der Waals surface area (Å²) >= 11 is 0. The fourth-order valence-corrected chi connectivity index (χ4v) is 5.37. The predicted octanol–water partition coefficient (Wildman–Crippen LogP) is 4.60. The van der Waals surface area contributed by atoms with Gasteiger partial charge in [0.15, 0.2) is 0 Å². The molecule has 2 amide bonds. The Morgan fingerprint density at radius 1 is 1.08 bits per heavy atom. The molecule has 9 nitrogen and oxygen atoms in total. The lowest BCUT2D eigenvalue weighted by Crippen LogP contribution is -2.39. The van der Waals surface area contributed by atoms with Gasteiger partial charge < -0.3 is 24.6 Å². The molecule has 4 aliphatic rings. The normalized spacial score (nSPS) is 19.9. The van der Waals surface area contributed by atoms with E-state index in [0.717, 1.165) is 59.6 Å². The Morgan fingerprint density at radius 2 is 1.97 bits per heavy atom. The lowest BCUT2D eigenvalue weighted by molar-refractivity contribution is -0.120. The maximum Gasteiger partial charge on any atom is 0.238 e. The number of amides is 2. The lowest BCUT2D eigenvalue weighted by Gasteiger charge is -2.29. The number of carbonyl (C=O) groups excluding carboxylic acids is 2. The molecular weight excluding hydrogens is 470 g/mol. The van der Waals surface area contributed by atoms with Crippen molar-refractivity contribution in [2.24, 2.45) is 5.92 Å². The van der Waals surface area contributed by atoms with Crippen LogP contribution in [0.3, 0.4) is 0 Å². The van der Waals surface area contributed by atoms with E-state index >= 15 is 0 Å². The third kappa shape index (κ3) is 3.85. The molecule has 1 aliphatic carbocycles. The summed E-state index contributed by atoms with van der Waals surface area (Å²) in [6.07, 6.45) is 6.76. The number of hydrogen-bond donors (Lipinski definition) is 1. The second-order valence-electron chi connectivity index (χ2n) is 10.0. The maximum absolute atomic E-state index is 12.8. The Labute approximate surface area is 214 Å².